The van der Waals surface area contributed by atoms with Crippen LogP contribution in [0, 0.1) is 11.8 Å². The van der Waals surface area contributed by atoms with Gasteiger partial charge in [0.2, 0.25) is 0 Å². The molecular weight excluding hydrogens is 374 g/mol. The van der Waals surface area contributed by atoms with Gasteiger partial charge in [-0.05, 0) is 47.4 Å². The largest absolute Gasteiger partial charge is 0.497 e. The van der Waals surface area contributed by atoms with Crippen molar-refractivity contribution in [2.24, 2.45) is 0 Å². The third kappa shape index (κ3) is 4.47. The van der Waals surface area contributed by atoms with Gasteiger partial charge in [-0.3, -0.25) is 4.90 Å². The van der Waals surface area contributed by atoms with Crippen LogP contribution in [0.5, 0.6) is 5.75 Å². The number of rotatable bonds is 3. The number of methoxy groups -OCH3 is 1. The number of nitrogens with zero attached hydrogens (tertiary/aromatic N) is 1. The van der Waals surface area contributed by atoms with E-state index in [4.69, 9.17) is 9.47 Å². The highest BCUT2D eigenvalue weighted by Crippen LogP contribution is 2.30. The number of carbonyl (C=O) groups excluding carboxylic acids is 1. The first-order valence-corrected chi connectivity index (χ1v) is 9.95. The van der Waals surface area contributed by atoms with E-state index in [1.165, 1.54) is 5.56 Å². The van der Waals surface area contributed by atoms with Crippen molar-refractivity contribution in [2.45, 2.75) is 19.1 Å². The van der Waals surface area contributed by atoms with Gasteiger partial charge in [0.15, 0.2) is 0 Å². The molecule has 3 aromatic carbocycles. The van der Waals surface area contributed by atoms with E-state index in [0.717, 1.165) is 28.9 Å². The Labute approximate surface area is 177 Å². The third-order valence-electron chi connectivity index (χ3n) is 5.17. The lowest BCUT2D eigenvalue weighted by Crippen LogP contribution is -2.39. The van der Waals surface area contributed by atoms with Gasteiger partial charge in [0.05, 0.1) is 7.11 Å². The van der Waals surface area contributed by atoms with Gasteiger partial charge >= 0.3 is 6.09 Å². The monoisotopic (exact) mass is 397 g/mol. The maximum absolute atomic E-state index is 12.9. The van der Waals surface area contributed by atoms with Crippen LogP contribution in [0.2, 0.25) is 0 Å². The first-order valence-electron chi connectivity index (χ1n) is 9.95. The third-order valence-corrected chi connectivity index (χ3v) is 5.17. The van der Waals surface area contributed by atoms with Gasteiger partial charge < -0.3 is 9.47 Å². The molecule has 1 atom stereocenters. The van der Waals surface area contributed by atoms with Crippen LogP contribution in [0.4, 0.5) is 4.79 Å². The fourth-order valence-corrected chi connectivity index (χ4v) is 3.55. The molecule has 0 bridgehead atoms. The summed E-state index contributed by atoms with van der Waals surface area (Å²) < 4.78 is 10.8. The molecule has 4 nitrogen and oxygen atoms in total. The van der Waals surface area contributed by atoms with E-state index >= 15 is 0 Å². The Hall–Kier alpha value is -3.71. The zero-order valence-electron chi connectivity index (χ0n) is 16.9. The van der Waals surface area contributed by atoms with Crippen LogP contribution in [0.15, 0.2) is 78.9 Å². The van der Waals surface area contributed by atoms with Crippen molar-refractivity contribution in [3.8, 4) is 17.6 Å². The quantitative estimate of drug-likeness (QED) is 0.585. The lowest BCUT2D eigenvalue weighted by molar-refractivity contribution is 0.0862. The molecule has 4 rings (SSSR count). The summed E-state index contributed by atoms with van der Waals surface area (Å²) >= 11 is 0. The number of fused-ring (bicyclic) bond motifs is 1. The molecule has 0 aliphatic carbocycles. The maximum Gasteiger partial charge on any atom is 0.411 e. The fourth-order valence-electron chi connectivity index (χ4n) is 3.55. The first-order chi connectivity index (χ1) is 14.7. The molecule has 30 heavy (non-hydrogen) atoms. The van der Waals surface area contributed by atoms with E-state index in [0.29, 0.717) is 6.54 Å². The molecule has 0 N–H and O–H groups in total. The summed E-state index contributed by atoms with van der Waals surface area (Å²) in [6, 6.07) is 25.1. The highest BCUT2D eigenvalue weighted by Gasteiger charge is 2.30. The Kier molecular flexibility index (Phi) is 6.01. The molecule has 4 heteroatoms. The number of hydrogen-bond acceptors (Lipinski definition) is 3. The second kappa shape index (κ2) is 9.19. The lowest BCUT2D eigenvalue weighted by Gasteiger charge is -2.33. The van der Waals surface area contributed by atoms with Gasteiger partial charge in [-0.2, -0.15) is 0 Å². The molecule has 0 spiro atoms. The van der Waals surface area contributed by atoms with Crippen molar-refractivity contribution in [1.29, 1.82) is 0 Å². The van der Waals surface area contributed by atoms with Crippen LogP contribution in [-0.4, -0.2) is 24.6 Å². The number of carbonyl (C=O) groups is 1. The summed E-state index contributed by atoms with van der Waals surface area (Å²) in [5.74, 6) is 7.29. The van der Waals surface area contributed by atoms with Crippen molar-refractivity contribution in [2.75, 3.05) is 13.7 Å². The van der Waals surface area contributed by atoms with E-state index in [2.05, 4.69) is 17.9 Å². The van der Waals surface area contributed by atoms with Crippen molar-refractivity contribution >= 4 is 6.09 Å². The number of amides is 1. The lowest BCUT2D eigenvalue weighted by atomic mass is 9.93. The Morgan fingerprint density at radius 2 is 1.73 bits per heavy atom. The van der Waals surface area contributed by atoms with E-state index in [1.807, 2.05) is 72.8 Å². The molecule has 1 heterocycles. The van der Waals surface area contributed by atoms with Crippen LogP contribution >= 0.6 is 0 Å². The average Bonchev–Trinajstić information content (AvgIpc) is 2.82. The van der Waals surface area contributed by atoms with Gasteiger partial charge in [0.1, 0.15) is 18.4 Å². The molecule has 0 radical (unpaired) electrons. The predicted octanol–water partition coefficient (Wildman–Crippen LogP) is 4.98. The molecule has 0 fully saturated rings. The standard InChI is InChI=1S/C26H23NO3/c1-29-23-14-11-20(12-15-23)13-16-25-24-10-6-5-9-22(24)17-18-27(25)26(28)30-19-21-7-3-2-4-8-21/h2-12,14-15,25H,17-19H2,1H3/t25-/m0/s1. The summed E-state index contributed by atoms with van der Waals surface area (Å²) in [6.07, 6.45) is 0.444. The molecular formula is C26H23NO3. The van der Waals surface area contributed by atoms with Crippen molar-refractivity contribution in [3.05, 3.63) is 101 Å². The van der Waals surface area contributed by atoms with Gasteiger partial charge in [0, 0.05) is 12.1 Å². The van der Waals surface area contributed by atoms with Crippen LogP contribution in [0.25, 0.3) is 0 Å². The van der Waals surface area contributed by atoms with E-state index in [-0.39, 0.29) is 18.7 Å². The zero-order valence-corrected chi connectivity index (χ0v) is 16.9. The molecule has 150 valence electrons. The van der Waals surface area contributed by atoms with Crippen molar-refractivity contribution < 1.29 is 14.3 Å². The van der Waals surface area contributed by atoms with Crippen molar-refractivity contribution in [3.63, 3.8) is 0 Å². The minimum Gasteiger partial charge on any atom is -0.497 e. The molecule has 1 amide bonds. The van der Waals surface area contributed by atoms with E-state index in [1.54, 1.807) is 12.0 Å². The van der Waals surface area contributed by atoms with Gasteiger partial charge in [-0.25, -0.2) is 4.79 Å². The second-order valence-corrected chi connectivity index (χ2v) is 7.08. The first kappa shape index (κ1) is 19.6. The molecule has 1 aliphatic heterocycles. The number of hydrogen-bond donors (Lipinski definition) is 0. The molecule has 3 aromatic rings. The molecule has 0 saturated carbocycles. The second-order valence-electron chi connectivity index (χ2n) is 7.08. The summed E-state index contributed by atoms with van der Waals surface area (Å²) in [6.45, 7) is 0.822. The van der Waals surface area contributed by atoms with Crippen LogP contribution in [0.1, 0.15) is 28.3 Å². The summed E-state index contributed by atoms with van der Waals surface area (Å²) in [5, 5.41) is 0. The normalized spacial score (nSPS) is 14.8. The Balaban J connectivity index is 1.57. The summed E-state index contributed by atoms with van der Waals surface area (Å²) in [5.41, 5.74) is 4.11. The van der Waals surface area contributed by atoms with Crippen LogP contribution in [-0.2, 0) is 17.8 Å². The highest BCUT2D eigenvalue weighted by molar-refractivity contribution is 5.70. The number of ether oxygens (including phenoxy) is 2. The van der Waals surface area contributed by atoms with Gasteiger partial charge in [-0.15, -0.1) is 0 Å². The Morgan fingerprint density at radius 1 is 1.00 bits per heavy atom. The highest BCUT2D eigenvalue weighted by atomic mass is 16.6. The van der Waals surface area contributed by atoms with Gasteiger partial charge in [0.25, 0.3) is 0 Å². The zero-order chi connectivity index (χ0) is 20.8. The SMILES string of the molecule is COc1ccc(C#C[C@H]2c3ccccc3CCN2C(=O)OCc2ccccc2)cc1. The fraction of sp³-hybridized carbons (Fsp3) is 0.192. The van der Waals surface area contributed by atoms with Crippen molar-refractivity contribution in [1.82, 2.24) is 4.90 Å². The minimum absolute atomic E-state index is 0.246. The smallest absolute Gasteiger partial charge is 0.411 e. The van der Waals surface area contributed by atoms with E-state index in [9.17, 15) is 4.79 Å². The molecule has 0 saturated heterocycles. The minimum atomic E-state index is -0.347. The molecule has 0 aromatic heterocycles. The topological polar surface area (TPSA) is 38.8 Å². The van der Waals surface area contributed by atoms with Crippen LogP contribution in [0.3, 0.4) is 0 Å². The molecule has 0 unspecified atom stereocenters. The van der Waals surface area contributed by atoms with Crippen LogP contribution < -0.4 is 4.74 Å². The Bertz CT molecular complexity index is 1060. The summed E-state index contributed by atoms with van der Waals surface area (Å²) in [7, 11) is 1.64. The average molecular weight is 397 g/mol. The summed E-state index contributed by atoms with van der Waals surface area (Å²) in [4.78, 5) is 14.6. The molecule has 1 aliphatic rings. The van der Waals surface area contributed by atoms with E-state index < -0.39 is 0 Å². The van der Waals surface area contributed by atoms with Gasteiger partial charge in [-0.1, -0.05) is 66.4 Å². The Morgan fingerprint density at radius 3 is 2.50 bits per heavy atom. The number of benzene rings is 3. The predicted molar refractivity (Wildman–Crippen MR) is 116 cm³/mol. The maximum atomic E-state index is 12.9.